The molecule has 0 aliphatic carbocycles. The van der Waals surface area contributed by atoms with Crippen molar-refractivity contribution in [3.8, 4) is 0 Å². The first kappa shape index (κ1) is 24.7. The molecule has 0 spiro atoms. The van der Waals surface area contributed by atoms with Gasteiger partial charge in [-0.2, -0.15) is 5.10 Å². The third-order valence-corrected chi connectivity index (χ3v) is 5.33. The lowest BCUT2D eigenvalue weighted by Crippen LogP contribution is -2.29. The summed E-state index contributed by atoms with van der Waals surface area (Å²) in [7, 11) is 1.32. The average molecular weight is 506 g/mol. The van der Waals surface area contributed by atoms with Crippen LogP contribution in [0, 0.1) is 0 Å². The number of allylic oxidation sites excluding steroid dienone is 1. The van der Waals surface area contributed by atoms with Gasteiger partial charge in [0.25, 0.3) is 0 Å². The molecule has 0 aromatic heterocycles. The number of benzene rings is 2. The second-order valence-electron chi connectivity index (χ2n) is 6.08. The molecule has 164 valence electrons. The maximum Gasteiger partial charge on any atom is 0.360 e. The van der Waals surface area contributed by atoms with E-state index in [1.807, 2.05) is 63.2 Å². The highest BCUT2D eigenvalue weighted by Gasteiger charge is 2.37. The summed E-state index contributed by atoms with van der Waals surface area (Å²) in [6.07, 6.45) is 3.47. The minimum absolute atomic E-state index is 0.169. The van der Waals surface area contributed by atoms with E-state index < -0.39 is 5.97 Å². The molecule has 0 N–H and O–H groups in total. The maximum absolute atomic E-state index is 12.8. The van der Waals surface area contributed by atoms with Crippen LogP contribution < -0.4 is 0 Å². The van der Waals surface area contributed by atoms with Gasteiger partial charge in [-0.25, -0.2) is 9.80 Å². The summed E-state index contributed by atoms with van der Waals surface area (Å²) >= 11 is 10.2. The Morgan fingerprint density at radius 2 is 1.81 bits per heavy atom. The number of hydrogen-bond acceptors (Lipinski definition) is 5. The van der Waals surface area contributed by atoms with Crippen LogP contribution in [0.3, 0.4) is 0 Å². The number of hydrazone groups is 1. The van der Waals surface area contributed by atoms with E-state index in [9.17, 15) is 4.79 Å². The fourth-order valence-corrected chi connectivity index (χ4v) is 3.89. The van der Waals surface area contributed by atoms with Crippen LogP contribution in [0.25, 0.3) is 11.5 Å². The van der Waals surface area contributed by atoms with E-state index in [4.69, 9.17) is 21.1 Å². The highest BCUT2D eigenvalue weighted by molar-refractivity contribution is 9.10. The van der Waals surface area contributed by atoms with Gasteiger partial charge in [-0.15, -0.1) is 0 Å². The summed E-state index contributed by atoms with van der Waals surface area (Å²) < 4.78 is 12.0. The first-order chi connectivity index (χ1) is 15.0. The SMILES string of the molecule is C/C=N\N1C(C(=O)OC)=C(OCc2ccccc2)c2c(Cl)ccc(Br)c2/C1=C\C.CC. The third kappa shape index (κ3) is 5.20. The number of methoxy groups -OCH3 is 1. The number of fused-ring (bicyclic) bond motifs is 1. The Balaban J connectivity index is 0.00000166. The molecule has 0 saturated carbocycles. The molecular weight excluding hydrogens is 480 g/mol. The Bertz CT molecular complexity index is 1020. The number of rotatable bonds is 5. The monoisotopic (exact) mass is 504 g/mol. The lowest BCUT2D eigenvalue weighted by atomic mass is 9.96. The molecule has 0 atom stereocenters. The van der Waals surface area contributed by atoms with Crippen molar-refractivity contribution in [1.82, 2.24) is 5.01 Å². The molecule has 1 aliphatic rings. The first-order valence-corrected chi connectivity index (χ1v) is 11.1. The van der Waals surface area contributed by atoms with E-state index in [1.165, 1.54) is 12.1 Å². The van der Waals surface area contributed by atoms with E-state index in [2.05, 4.69) is 21.0 Å². The molecule has 3 rings (SSSR count). The van der Waals surface area contributed by atoms with Crippen molar-refractivity contribution < 1.29 is 14.3 Å². The van der Waals surface area contributed by atoms with Gasteiger partial charge in [-0.05, 0) is 31.5 Å². The molecule has 1 heterocycles. The summed E-state index contributed by atoms with van der Waals surface area (Å²) in [5, 5.41) is 6.39. The molecule has 7 heteroatoms. The van der Waals surface area contributed by atoms with E-state index in [0.717, 1.165) is 15.6 Å². The zero-order valence-electron chi connectivity index (χ0n) is 18.3. The standard InChI is InChI=1S/C22H20BrClN2O3.C2H6/c1-4-17-18-15(23)11-12-16(24)19(18)21(29-13-14-9-7-6-8-10-14)20(22(27)28-3)26(17)25-5-2;1-2/h4-12H,13H2,1-3H3;1-2H3/b17-4+,25-5-;. The molecular formula is C24H26BrClN2O3. The van der Waals surface area contributed by atoms with Crippen molar-refractivity contribution in [2.45, 2.75) is 34.3 Å². The molecule has 0 amide bonds. The van der Waals surface area contributed by atoms with Gasteiger partial charge < -0.3 is 9.47 Å². The first-order valence-electron chi connectivity index (χ1n) is 9.96. The average Bonchev–Trinajstić information content (AvgIpc) is 2.81. The van der Waals surface area contributed by atoms with Gasteiger partial charge in [0, 0.05) is 21.8 Å². The summed E-state index contributed by atoms with van der Waals surface area (Å²) in [5.41, 5.74) is 3.23. The van der Waals surface area contributed by atoms with Crippen molar-refractivity contribution >= 4 is 51.2 Å². The summed E-state index contributed by atoms with van der Waals surface area (Å²) in [6, 6.07) is 13.3. The van der Waals surface area contributed by atoms with Crippen LogP contribution in [0.2, 0.25) is 5.02 Å². The molecule has 0 unspecified atom stereocenters. The summed E-state index contributed by atoms with van der Waals surface area (Å²) in [5.74, 6) is -0.252. The Labute approximate surface area is 197 Å². The largest absolute Gasteiger partial charge is 0.486 e. The minimum atomic E-state index is -0.570. The zero-order valence-corrected chi connectivity index (χ0v) is 20.6. The summed E-state index contributed by atoms with van der Waals surface area (Å²) in [6.45, 7) is 7.90. The number of nitrogens with zero attached hydrogens (tertiary/aromatic N) is 2. The fourth-order valence-electron chi connectivity index (χ4n) is 3.11. The lowest BCUT2D eigenvalue weighted by molar-refractivity contribution is -0.137. The summed E-state index contributed by atoms with van der Waals surface area (Å²) in [4.78, 5) is 12.8. The molecule has 0 radical (unpaired) electrons. The number of hydrogen-bond donors (Lipinski definition) is 0. The van der Waals surface area contributed by atoms with Crippen LogP contribution >= 0.6 is 27.5 Å². The second kappa shape index (κ2) is 11.7. The number of carbonyl (C=O) groups is 1. The van der Waals surface area contributed by atoms with E-state index in [1.54, 1.807) is 19.2 Å². The lowest BCUT2D eigenvalue weighted by Gasteiger charge is -2.33. The Morgan fingerprint density at radius 3 is 2.39 bits per heavy atom. The van der Waals surface area contributed by atoms with Crippen molar-refractivity contribution in [3.63, 3.8) is 0 Å². The quantitative estimate of drug-likeness (QED) is 0.329. The Hall–Kier alpha value is -2.57. The Morgan fingerprint density at radius 1 is 1.13 bits per heavy atom. The molecule has 0 saturated heterocycles. The van der Waals surface area contributed by atoms with Gasteiger partial charge in [0.15, 0.2) is 11.5 Å². The number of ether oxygens (including phenoxy) is 2. The highest BCUT2D eigenvalue weighted by Crippen LogP contribution is 2.46. The normalized spacial score (nSPS) is 14.3. The van der Waals surface area contributed by atoms with Crippen LogP contribution in [-0.2, 0) is 20.9 Å². The maximum atomic E-state index is 12.8. The smallest absolute Gasteiger partial charge is 0.360 e. The van der Waals surface area contributed by atoms with Crippen LogP contribution in [0.4, 0.5) is 0 Å². The second-order valence-corrected chi connectivity index (χ2v) is 7.34. The number of esters is 1. The van der Waals surface area contributed by atoms with E-state index in [-0.39, 0.29) is 12.3 Å². The van der Waals surface area contributed by atoms with Gasteiger partial charge in [0.05, 0.1) is 17.8 Å². The van der Waals surface area contributed by atoms with Crippen LogP contribution in [0.15, 0.2) is 63.8 Å². The molecule has 2 aromatic rings. The molecule has 2 aromatic carbocycles. The van der Waals surface area contributed by atoms with E-state index >= 15 is 0 Å². The molecule has 1 aliphatic heterocycles. The van der Waals surface area contributed by atoms with Gasteiger partial charge >= 0.3 is 5.97 Å². The van der Waals surface area contributed by atoms with Crippen LogP contribution in [-0.4, -0.2) is 24.3 Å². The van der Waals surface area contributed by atoms with Crippen molar-refractivity contribution in [2.24, 2.45) is 5.10 Å². The van der Waals surface area contributed by atoms with Gasteiger partial charge in [0.2, 0.25) is 0 Å². The van der Waals surface area contributed by atoms with Crippen molar-refractivity contribution in [1.29, 1.82) is 0 Å². The molecule has 31 heavy (non-hydrogen) atoms. The predicted molar refractivity (Wildman–Crippen MR) is 130 cm³/mol. The van der Waals surface area contributed by atoms with Crippen LogP contribution in [0.5, 0.6) is 0 Å². The minimum Gasteiger partial charge on any atom is -0.486 e. The van der Waals surface area contributed by atoms with Gasteiger partial charge in [-0.1, -0.05) is 77.8 Å². The molecule has 0 bridgehead atoms. The number of halogens is 2. The Kier molecular flexibility index (Phi) is 9.34. The van der Waals surface area contributed by atoms with Crippen molar-refractivity contribution in [3.05, 3.63) is 80.4 Å². The molecule has 5 nitrogen and oxygen atoms in total. The third-order valence-electron chi connectivity index (χ3n) is 4.35. The molecule has 0 fully saturated rings. The zero-order chi connectivity index (χ0) is 23.0. The van der Waals surface area contributed by atoms with E-state index in [0.29, 0.717) is 22.0 Å². The van der Waals surface area contributed by atoms with Gasteiger partial charge in [0.1, 0.15) is 6.61 Å². The predicted octanol–water partition coefficient (Wildman–Crippen LogP) is 6.87. The van der Waals surface area contributed by atoms with Gasteiger partial charge in [-0.3, -0.25) is 0 Å². The van der Waals surface area contributed by atoms with Crippen molar-refractivity contribution in [2.75, 3.05) is 7.11 Å². The fraction of sp³-hybridized carbons (Fsp3) is 0.250. The number of carbonyl (C=O) groups excluding carboxylic acids is 1. The highest BCUT2D eigenvalue weighted by atomic mass is 79.9. The topological polar surface area (TPSA) is 51.1 Å². The van der Waals surface area contributed by atoms with Crippen LogP contribution in [0.1, 0.15) is 44.4 Å².